The van der Waals surface area contributed by atoms with Crippen molar-refractivity contribution in [2.45, 2.75) is 20.3 Å². The smallest absolute Gasteiger partial charge is 0.270 e. The first-order valence-corrected chi connectivity index (χ1v) is 6.02. The molecular weight excluding hydrogens is 251 g/mol. The van der Waals surface area contributed by atoms with Crippen LogP contribution in [0.2, 0.25) is 0 Å². The molecule has 0 radical (unpaired) electrons. The summed E-state index contributed by atoms with van der Waals surface area (Å²) in [4.78, 5) is 23.4. The van der Waals surface area contributed by atoms with Crippen LogP contribution in [-0.2, 0) is 0 Å². The Bertz CT molecular complexity index is 489. The van der Waals surface area contributed by atoms with Crippen LogP contribution in [0.3, 0.4) is 0 Å². The molecule has 0 aromatic heterocycles. The Labute approximate surface area is 111 Å². The summed E-state index contributed by atoms with van der Waals surface area (Å²) < 4.78 is 13.6. The van der Waals surface area contributed by atoms with Gasteiger partial charge in [0.1, 0.15) is 5.82 Å². The Morgan fingerprint density at radius 2 is 2.11 bits per heavy atom. The van der Waals surface area contributed by atoms with Gasteiger partial charge in [-0.25, -0.2) is 4.39 Å². The van der Waals surface area contributed by atoms with E-state index in [1.54, 1.807) is 7.05 Å². The third-order valence-electron chi connectivity index (χ3n) is 2.78. The molecule has 1 rings (SSSR count). The second-order valence-corrected chi connectivity index (χ2v) is 4.83. The highest BCUT2D eigenvalue weighted by molar-refractivity contribution is 5.94. The van der Waals surface area contributed by atoms with Crippen molar-refractivity contribution < 1.29 is 14.1 Å². The number of hydrogen-bond donors (Lipinski definition) is 0. The van der Waals surface area contributed by atoms with Gasteiger partial charge in [-0.05, 0) is 18.4 Å². The first kappa shape index (κ1) is 15.1. The topological polar surface area (TPSA) is 63.5 Å². The summed E-state index contributed by atoms with van der Waals surface area (Å²) in [6.45, 7) is 4.52. The second-order valence-electron chi connectivity index (χ2n) is 4.83. The number of rotatable bonds is 5. The van der Waals surface area contributed by atoms with Gasteiger partial charge in [0, 0.05) is 25.7 Å². The molecule has 1 aromatic carbocycles. The molecule has 6 heteroatoms. The molecular formula is C13H17FN2O3. The lowest BCUT2D eigenvalue weighted by molar-refractivity contribution is -0.384. The van der Waals surface area contributed by atoms with Gasteiger partial charge in [0.25, 0.3) is 11.6 Å². The normalized spacial score (nSPS) is 10.6. The lowest BCUT2D eigenvalue weighted by Gasteiger charge is -2.18. The van der Waals surface area contributed by atoms with E-state index in [1.165, 1.54) is 4.90 Å². The summed E-state index contributed by atoms with van der Waals surface area (Å²) in [6, 6.07) is 2.96. The first-order chi connectivity index (χ1) is 8.82. The maximum absolute atomic E-state index is 13.6. The van der Waals surface area contributed by atoms with Crippen LogP contribution in [0.4, 0.5) is 10.1 Å². The van der Waals surface area contributed by atoms with Crippen LogP contribution in [0.15, 0.2) is 18.2 Å². The Morgan fingerprint density at radius 3 is 2.63 bits per heavy atom. The minimum Gasteiger partial charge on any atom is -0.342 e. The van der Waals surface area contributed by atoms with Crippen LogP contribution >= 0.6 is 0 Å². The maximum Gasteiger partial charge on any atom is 0.270 e. The maximum atomic E-state index is 13.6. The highest BCUT2D eigenvalue weighted by Crippen LogP contribution is 2.18. The van der Waals surface area contributed by atoms with E-state index >= 15 is 0 Å². The van der Waals surface area contributed by atoms with Gasteiger partial charge in [-0.1, -0.05) is 13.8 Å². The molecule has 0 saturated carbocycles. The SMILES string of the molecule is CC(C)CCN(C)C(=O)c1cc([N+](=O)[O-])ccc1F. The van der Waals surface area contributed by atoms with Crippen LogP contribution in [0.25, 0.3) is 0 Å². The summed E-state index contributed by atoms with van der Waals surface area (Å²) in [7, 11) is 1.56. The lowest BCUT2D eigenvalue weighted by atomic mass is 10.1. The number of halogens is 1. The number of non-ortho nitro benzene ring substituents is 1. The Hall–Kier alpha value is -1.98. The van der Waals surface area contributed by atoms with Crippen molar-refractivity contribution >= 4 is 11.6 Å². The van der Waals surface area contributed by atoms with Gasteiger partial charge in [-0.3, -0.25) is 14.9 Å². The van der Waals surface area contributed by atoms with E-state index in [0.717, 1.165) is 24.6 Å². The fourth-order valence-corrected chi connectivity index (χ4v) is 1.55. The molecule has 104 valence electrons. The molecule has 1 aromatic rings. The molecule has 0 saturated heterocycles. The van der Waals surface area contributed by atoms with E-state index in [9.17, 15) is 19.3 Å². The van der Waals surface area contributed by atoms with E-state index in [2.05, 4.69) is 0 Å². The zero-order valence-electron chi connectivity index (χ0n) is 11.2. The summed E-state index contributed by atoms with van der Waals surface area (Å²) in [5.74, 6) is -0.862. The van der Waals surface area contributed by atoms with E-state index in [0.29, 0.717) is 12.5 Å². The molecule has 5 nitrogen and oxygen atoms in total. The molecule has 0 fully saturated rings. The number of nitro groups is 1. The number of carbonyl (C=O) groups is 1. The van der Waals surface area contributed by atoms with Crippen LogP contribution in [-0.4, -0.2) is 29.3 Å². The lowest BCUT2D eigenvalue weighted by Crippen LogP contribution is -2.29. The first-order valence-electron chi connectivity index (χ1n) is 6.02. The van der Waals surface area contributed by atoms with Gasteiger partial charge in [0.15, 0.2) is 0 Å². The predicted molar refractivity (Wildman–Crippen MR) is 69.5 cm³/mol. The Balaban J connectivity index is 2.92. The molecule has 0 atom stereocenters. The fourth-order valence-electron chi connectivity index (χ4n) is 1.55. The van der Waals surface area contributed by atoms with E-state index in [1.807, 2.05) is 13.8 Å². The summed E-state index contributed by atoms with van der Waals surface area (Å²) in [5.41, 5.74) is -0.553. The second kappa shape index (κ2) is 6.26. The van der Waals surface area contributed by atoms with Crippen molar-refractivity contribution in [3.63, 3.8) is 0 Å². The van der Waals surface area contributed by atoms with Crippen molar-refractivity contribution in [3.05, 3.63) is 39.7 Å². The van der Waals surface area contributed by atoms with E-state index < -0.39 is 16.6 Å². The van der Waals surface area contributed by atoms with Crippen molar-refractivity contribution in [1.29, 1.82) is 0 Å². The molecule has 19 heavy (non-hydrogen) atoms. The molecule has 0 bridgehead atoms. The highest BCUT2D eigenvalue weighted by Gasteiger charge is 2.19. The van der Waals surface area contributed by atoms with Gasteiger partial charge in [-0.15, -0.1) is 0 Å². The van der Waals surface area contributed by atoms with Gasteiger partial charge in [0.05, 0.1) is 10.5 Å². The zero-order chi connectivity index (χ0) is 14.6. The molecule has 0 aliphatic carbocycles. The number of amides is 1. The highest BCUT2D eigenvalue weighted by atomic mass is 19.1. The third-order valence-corrected chi connectivity index (χ3v) is 2.78. The average molecular weight is 268 g/mol. The number of nitro benzene ring substituents is 1. The van der Waals surface area contributed by atoms with Crippen LogP contribution in [0.1, 0.15) is 30.6 Å². The minimum absolute atomic E-state index is 0.263. The van der Waals surface area contributed by atoms with Crippen molar-refractivity contribution in [1.82, 2.24) is 4.90 Å². The fraction of sp³-hybridized carbons (Fsp3) is 0.462. The zero-order valence-corrected chi connectivity index (χ0v) is 11.2. The Morgan fingerprint density at radius 1 is 1.47 bits per heavy atom. The standard InChI is InChI=1S/C13H17FN2O3/c1-9(2)6-7-15(3)13(17)11-8-10(16(18)19)4-5-12(11)14/h4-5,8-9H,6-7H2,1-3H3. The number of benzene rings is 1. The third kappa shape index (κ3) is 4.01. The molecule has 0 spiro atoms. The number of hydrogen-bond acceptors (Lipinski definition) is 3. The van der Waals surface area contributed by atoms with Gasteiger partial charge in [-0.2, -0.15) is 0 Å². The number of nitrogens with zero attached hydrogens (tertiary/aromatic N) is 2. The summed E-state index contributed by atoms with van der Waals surface area (Å²) in [6.07, 6.45) is 0.790. The largest absolute Gasteiger partial charge is 0.342 e. The average Bonchev–Trinajstić information content (AvgIpc) is 2.35. The van der Waals surface area contributed by atoms with E-state index in [4.69, 9.17) is 0 Å². The molecule has 0 aliphatic heterocycles. The molecule has 0 aliphatic rings. The van der Waals surface area contributed by atoms with Crippen LogP contribution in [0, 0.1) is 21.8 Å². The van der Waals surface area contributed by atoms with Gasteiger partial charge < -0.3 is 4.90 Å². The minimum atomic E-state index is -0.744. The van der Waals surface area contributed by atoms with E-state index in [-0.39, 0.29) is 11.3 Å². The summed E-state index contributed by atoms with van der Waals surface area (Å²) in [5, 5.41) is 10.6. The Kier molecular flexibility index (Phi) is 4.97. The van der Waals surface area contributed by atoms with Crippen molar-refractivity contribution in [3.8, 4) is 0 Å². The van der Waals surface area contributed by atoms with Crippen molar-refractivity contribution in [2.75, 3.05) is 13.6 Å². The van der Waals surface area contributed by atoms with Crippen molar-refractivity contribution in [2.24, 2.45) is 5.92 Å². The molecule has 0 N–H and O–H groups in total. The van der Waals surface area contributed by atoms with Crippen LogP contribution in [0.5, 0.6) is 0 Å². The van der Waals surface area contributed by atoms with Crippen LogP contribution < -0.4 is 0 Å². The predicted octanol–water partition coefficient (Wildman–Crippen LogP) is 2.85. The molecule has 0 unspecified atom stereocenters. The monoisotopic (exact) mass is 268 g/mol. The van der Waals surface area contributed by atoms with Gasteiger partial charge >= 0.3 is 0 Å². The number of carbonyl (C=O) groups excluding carboxylic acids is 1. The van der Waals surface area contributed by atoms with Gasteiger partial charge in [0.2, 0.25) is 0 Å². The molecule has 0 heterocycles. The molecule has 1 amide bonds. The summed E-state index contributed by atoms with van der Waals surface area (Å²) >= 11 is 0. The quantitative estimate of drug-likeness (QED) is 0.609.